The van der Waals surface area contributed by atoms with Gasteiger partial charge in [0.2, 0.25) is 0 Å². The molecule has 22 heavy (non-hydrogen) atoms. The predicted octanol–water partition coefficient (Wildman–Crippen LogP) is 2.88. The summed E-state index contributed by atoms with van der Waals surface area (Å²) >= 11 is 0. The smallest absolute Gasteiger partial charge is 0.296 e. The molecule has 0 atom stereocenters. The highest BCUT2D eigenvalue weighted by molar-refractivity contribution is 7.86. The van der Waals surface area contributed by atoms with E-state index in [1.807, 2.05) is 13.8 Å². The van der Waals surface area contributed by atoms with E-state index in [9.17, 15) is 8.42 Å². The summed E-state index contributed by atoms with van der Waals surface area (Å²) in [5.41, 5.74) is 0.979. The summed E-state index contributed by atoms with van der Waals surface area (Å²) in [6.07, 6.45) is 0.355. The number of ether oxygens (including phenoxy) is 2. The maximum atomic E-state index is 12.1. The van der Waals surface area contributed by atoms with Crippen molar-refractivity contribution in [3.63, 3.8) is 0 Å². The standard InChI is InChI=1S/C16H24O5S/c1-13-5-7-14(8-6-13)22(17,18)21-10-9-16(4)19-11-15(2,3)12-20-16/h5-8H,9-12H2,1-4H3. The van der Waals surface area contributed by atoms with Gasteiger partial charge >= 0.3 is 0 Å². The summed E-state index contributed by atoms with van der Waals surface area (Å²) < 4.78 is 40.7. The van der Waals surface area contributed by atoms with Crippen LogP contribution in [-0.4, -0.2) is 34.0 Å². The molecule has 0 spiro atoms. The maximum absolute atomic E-state index is 12.1. The fourth-order valence-electron chi connectivity index (χ4n) is 2.03. The van der Waals surface area contributed by atoms with E-state index in [1.54, 1.807) is 24.3 Å². The van der Waals surface area contributed by atoms with E-state index in [-0.39, 0.29) is 16.9 Å². The molecule has 0 aromatic heterocycles. The van der Waals surface area contributed by atoms with Crippen molar-refractivity contribution in [1.29, 1.82) is 0 Å². The van der Waals surface area contributed by atoms with Gasteiger partial charge in [0.1, 0.15) is 0 Å². The Labute approximate surface area is 132 Å². The third-order valence-corrected chi connectivity index (χ3v) is 4.97. The Kier molecular flexibility index (Phi) is 4.96. The van der Waals surface area contributed by atoms with Crippen molar-refractivity contribution >= 4 is 10.1 Å². The Balaban J connectivity index is 1.89. The number of aryl methyl sites for hydroxylation is 1. The highest BCUT2D eigenvalue weighted by Gasteiger charge is 2.36. The second-order valence-corrected chi connectivity index (χ2v) is 8.33. The van der Waals surface area contributed by atoms with Gasteiger partial charge in [-0.1, -0.05) is 31.5 Å². The van der Waals surface area contributed by atoms with Gasteiger partial charge in [0.05, 0.1) is 24.7 Å². The molecule has 5 nitrogen and oxygen atoms in total. The average molecular weight is 328 g/mol. The summed E-state index contributed by atoms with van der Waals surface area (Å²) in [7, 11) is -3.74. The third kappa shape index (κ3) is 4.52. The summed E-state index contributed by atoms with van der Waals surface area (Å²) in [6, 6.07) is 6.57. The van der Waals surface area contributed by atoms with Gasteiger partial charge in [-0.05, 0) is 26.0 Å². The molecule has 0 aliphatic carbocycles. The third-order valence-electron chi connectivity index (χ3n) is 3.64. The molecule has 0 N–H and O–H groups in total. The van der Waals surface area contributed by atoms with Crippen LogP contribution in [0.4, 0.5) is 0 Å². The molecule has 1 aliphatic heterocycles. The Morgan fingerprint density at radius 3 is 2.18 bits per heavy atom. The second kappa shape index (κ2) is 6.28. The van der Waals surface area contributed by atoms with Crippen LogP contribution in [0.25, 0.3) is 0 Å². The van der Waals surface area contributed by atoms with E-state index < -0.39 is 15.9 Å². The largest absolute Gasteiger partial charge is 0.349 e. The first-order valence-electron chi connectivity index (χ1n) is 7.36. The monoisotopic (exact) mass is 328 g/mol. The topological polar surface area (TPSA) is 61.8 Å². The lowest BCUT2D eigenvalue weighted by Gasteiger charge is -2.41. The molecule has 0 unspecified atom stereocenters. The fraction of sp³-hybridized carbons (Fsp3) is 0.625. The number of hydrogen-bond acceptors (Lipinski definition) is 5. The van der Waals surface area contributed by atoms with Gasteiger partial charge < -0.3 is 9.47 Å². The first-order valence-corrected chi connectivity index (χ1v) is 8.77. The van der Waals surface area contributed by atoms with Gasteiger partial charge in [-0.25, -0.2) is 0 Å². The molecule has 0 amide bonds. The number of benzene rings is 1. The van der Waals surface area contributed by atoms with E-state index in [1.165, 1.54) is 0 Å². The van der Waals surface area contributed by atoms with Gasteiger partial charge in [0.25, 0.3) is 10.1 Å². The quantitative estimate of drug-likeness (QED) is 0.778. The van der Waals surface area contributed by atoms with Crippen molar-refractivity contribution < 1.29 is 22.1 Å². The van der Waals surface area contributed by atoms with Crippen LogP contribution in [0, 0.1) is 12.3 Å². The molecule has 1 aromatic rings. The number of rotatable bonds is 5. The lowest BCUT2D eigenvalue weighted by molar-refractivity contribution is -0.293. The minimum absolute atomic E-state index is 0.0195. The molecule has 6 heteroatoms. The van der Waals surface area contributed by atoms with Crippen molar-refractivity contribution in [2.24, 2.45) is 5.41 Å². The average Bonchev–Trinajstić information content (AvgIpc) is 2.43. The van der Waals surface area contributed by atoms with Crippen LogP contribution in [0.15, 0.2) is 29.2 Å². The Morgan fingerprint density at radius 2 is 1.64 bits per heavy atom. The van der Waals surface area contributed by atoms with Crippen LogP contribution in [0.1, 0.15) is 32.8 Å². The maximum Gasteiger partial charge on any atom is 0.296 e. The van der Waals surface area contributed by atoms with Gasteiger partial charge in [0, 0.05) is 11.8 Å². The summed E-state index contributed by atoms with van der Waals surface area (Å²) in [5, 5.41) is 0. The summed E-state index contributed by atoms with van der Waals surface area (Å²) in [4.78, 5) is 0.162. The zero-order valence-corrected chi connectivity index (χ0v) is 14.4. The molecule has 124 valence electrons. The van der Waals surface area contributed by atoms with E-state index in [0.717, 1.165) is 5.56 Å². The van der Waals surface area contributed by atoms with Crippen LogP contribution in [0.5, 0.6) is 0 Å². The second-order valence-electron chi connectivity index (χ2n) is 6.71. The zero-order chi connectivity index (χ0) is 16.4. The highest BCUT2D eigenvalue weighted by Crippen LogP contribution is 2.31. The van der Waals surface area contributed by atoms with E-state index in [0.29, 0.717) is 19.6 Å². The van der Waals surface area contributed by atoms with Crippen LogP contribution in [-0.2, 0) is 23.8 Å². The summed E-state index contributed by atoms with van der Waals surface area (Å²) in [5.74, 6) is -0.793. The fourth-order valence-corrected chi connectivity index (χ4v) is 2.94. The molecule has 0 bridgehead atoms. The lowest BCUT2D eigenvalue weighted by Crippen LogP contribution is -2.46. The molecule has 1 heterocycles. The van der Waals surface area contributed by atoms with Gasteiger partial charge in [-0.2, -0.15) is 8.42 Å². The molecular formula is C16H24O5S. The molecule has 0 radical (unpaired) electrons. The first kappa shape index (κ1) is 17.4. The van der Waals surface area contributed by atoms with Gasteiger partial charge in [0.15, 0.2) is 5.79 Å². The van der Waals surface area contributed by atoms with E-state index >= 15 is 0 Å². The summed E-state index contributed by atoms with van der Waals surface area (Å²) in [6.45, 7) is 9.01. The molecule has 1 saturated heterocycles. The van der Waals surface area contributed by atoms with Crippen LogP contribution in [0.2, 0.25) is 0 Å². The van der Waals surface area contributed by atoms with Crippen LogP contribution < -0.4 is 0 Å². The molecule has 1 fully saturated rings. The Bertz CT molecular complexity index is 594. The van der Waals surface area contributed by atoms with Crippen LogP contribution in [0.3, 0.4) is 0 Å². The van der Waals surface area contributed by atoms with Crippen molar-refractivity contribution in [3.05, 3.63) is 29.8 Å². The molecular weight excluding hydrogens is 304 g/mol. The molecule has 1 aromatic carbocycles. The number of hydrogen-bond donors (Lipinski definition) is 0. The SMILES string of the molecule is Cc1ccc(S(=O)(=O)OCCC2(C)OCC(C)(C)CO2)cc1. The van der Waals surface area contributed by atoms with Crippen LogP contribution >= 0.6 is 0 Å². The van der Waals surface area contributed by atoms with Crippen molar-refractivity contribution in [2.75, 3.05) is 19.8 Å². The zero-order valence-electron chi connectivity index (χ0n) is 13.6. The molecule has 1 aliphatic rings. The van der Waals surface area contributed by atoms with Crippen molar-refractivity contribution in [2.45, 2.75) is 44.8 Å². The molecule has 2 rings (SSSR count). The normalized spacial score (nSPS) is 20.7. The van der Waals surface area contributed by atoms with Gasteiger partial charge in [-0.15, -0.1) is 0 Å². The Hall–Kier alpha value is -0.950. The highest BCUT2D eigenvalue weighted by atomic mass is 32.2. The van der Waals surface area contributed by atoms with E-state index in [2.05, 4.69) is 13.8 Å². The van der Waals surface area contributed by atoms with Crippen molar-refractivity contribution in [1.82, 2.24) is 0 Å². The predicted molar refractivity (Wildman–Crippen MR) is 83.0 cm³/mol. The first-order chi connectivity index (χ1) is 10.1. The van der Waals surface area contributed by atoms with Crippen molar-refractivity contribution in [3.8, 4) is 0 Å². The van der Waals surface area contributed by atoms with E-state index in [4.69, 9.17) is 13.7 Å². The van der Waals surface area contributed by atoms with Gasteiger partial charge in [-0.3, -0.25) is 4.18 Å². The molecule has 0 saturated carbocycles. The Morgan fingerprint density at radius 1 is 1.09 bits per heavy atom. The minimum Gasteiger partial charge on any atom is -0.349 e. The lowest BCUT2D eigenvalue weighted by atomic mass is 9.94. The minimum atomic E-state index is -3.74.